The summed E-state index contributed by atoms with van der Waals surface area (Å²) in [5.41, 5.74) is 3.73. The molecule has 1 unspecified atom stereocenters. The van der Waals surface area contributed by atoms with Crippen LogP contribution in [0.15, 0.2) is 30.8 Å². The van der Waals surface area contributed by atoms with Gasteiger partial charge in [0.15, 0.2) is 0 Å². The van der Waals surface area contributed by atoms with E-state index in [2.05, 4.69) is 49.0 Å². The van der Waals surface area contributed by atoms with Crippen LogP contribution in [0.1, 0.15) is 44.4 Å². The largest absolute Gasteiger partial charge is 0.244 e. The summed E-state index contributed by atoms with van der Waals surface area (Å²) in [4.78, 5) is 8.55. The molecule has 1 aromatic heterocycles. The fourth-order valence-corrected chi connectivity index (χ4v) is 2.09. The van der Waals surface area contributed by atoms with E-state index >= 15 is 0 Å². The first-order valence-electron chi connectivity index (χ1n) is 5.86. The van der Waals surface area contributed by atoms with Crippen LogP contribution in [-0.2, 0) is 0 Å². The summed E-state index contributed by atoms with van der Waals surface area (Å²) in [5, 5.41) is 0. The molecule has 2 heteroatoms. The molecule has 1 heterocycles. The van der Waals surface area contributed by atoms with Crippen LogP contribution in [0, 0.1) is 5.92 Å². The third-order valence-electron chi connectivity index (χ3n) is 2.91. The number of rotatable bonds is 2. The van der Waals surface area contributed by atoms with Crippen LogP contribution in [0.2, 0.25) is 0 Å². The Balaban J connectivity index is 2.40. The molecule has 0 amide bonds. The Morgan fingerprint density at radius 1 is 1.38 bits per heavy atom. The van der Waals surface area contributed by atoms with Crippen molar-refractivity contribution < 1.29 is 0 Å². The van der Waals surface area contributed by atoms with Gasteiger partial charge < -0.3 is 0 Å². The van der Waals surface area contributed by atoms with E-state index in [1.165, 1.54) is 11.1 Å². The van der Waals surface area contributed by atoms with Crippen molar-refractivity contribution in [3.8, 4) is 0 Å². The molecule has 2 nitrogen and oxygen atoms in total. The predicted molar refractivity (Wildman–Crippen MR) is 67.0 cm³/mol. The first-order chi connectivity index (χ1) is 7.68. The standard InChI is InChI=1S/C14H18N2/c1-10(2)14-13(8-15-9-16-14)12-6-4-5-11(3)7-12/h4-6,8-11H,7H2,1-3H3. The van der Waals surface area contributed by atoms with E-state index in [-0.39, 0.29) is 0 Å². The fourth-order valence-electron chi connectivity index (χ4n) is 2.09. The van der Waals surface area contributed by atoms with E-state index in [9.17, 15) is 0 Å². The van der Waals surface area contributed by atoms with Crippen LogP contribution in [0.5, 0.6) is 0 Å². The van der Waals surface area contributed by atoms with Gasteiger partial charge >= 0.3 is 0 Å². The third-order valence-corrected chi connectivity index (χ3v) is 2.91. The maximum Gasteiger partial charge on any atom is 0.115 e. The van der Waals surface area contributed by atoms with Crippen molar-refractivity contribution in [2.75, 3.05) is 0 Å². The maximum absolute atomic E-state index is 4.40. The quantitative estimate of drug-likeness (QED) is 0.752. The molecule has 1 aliphatic rings. The van der Waals surface area contributed by atoms with E-state index in [1.54, 1.807) is 6.33 Å². The molecule has 0 N–H and O–H groups in total. The van der Waals surface area contributed by atoms with Crippen molar-refractivity contribution in [3.05, 3.63) is 42.0 Å². The molecule has 1 aliphatic carbocycles. The van der Waals surface area contributed by atoms with Crippen LogP contribution in [0.25, 0.3) is 5.57 Å². The van der Waals surface area contributed by atoms with Gasteiger partial charge in [0.2, 0.25) is 0 Å². The Hall–Kier alpha value is -1.44. The Labute approximate surface area is 97.1 Å². The lowest BCUT2D eigenvalue weighted by molar-refractivity contribution is 0.741. The Kier molecular flexibility index (Phi) is 3.18. The lowest BCUT2D eigenvalue weighted by Crippen LogP contribution is -2.04. The van der Waals surface area contributed by atoms with Crippen LogP contribution < -0.4 is 0 Å². The summed E-state index contributed by atoms with van der Waals surface area (Å²) in [6.45, 7) is 6.59. The minimum absolute atomic E-state index is 0.445. The van der Waals surface area contributed by atoms with Crippen molar-refractivity contribution >= 4 is 5.57 Å². The Morgan fingerprint density at radius 3 is 2.88 bits per heavy atom. The average Bonchev–Trinajstić information content (AvgIpc) is 2.29. The minimum atomic E-state index is 0.445. The molecular formula is C14H18N2. The molecule has 0 saturated carbocycles. The molecule has 0 bridgehead atoms. The second kappa shape index (κ2) is 4.60. The lowest BCUT2D eigenvalue weighted by Gasteiger charge is -2.18. The molecule has 84 valence electrons. The van der Waals surface area contributed by atoms with Crippen molar-refractivity contribution in [1.82, 2.24) is 9.97 Å². The van der Waals surface area contributed by atoms with E-state index in [4.69, 9.17) is 0 Å². The van der Waals surface area contributed by atoms with Crippen LogP contribution in [0.3, 0.4) is 0 Å². The lowest BCUT2D eigenvalue weighted by atomic mass is 9.89. The molecule has 0 spiro atoms. The van der Waals surface area contributed by atoms with Gasteiger partial charge in [0.25, 0.3) is 0 Å². The van der Waals surface area contributed by atoms with Gasteiger partial charge in [-0.1, -0.05) is 39.0 Å². The SMILES string of the molecule is CC1C=CC=C(c2cncnc2C(C)C)C1. The van der Waals surface area contributed by atoms with Gasteiger partial charge in [-0.05, 0) is 23.8 Å². The zero-order valence-electron chi connectivity index (χ0n) is 10.1. The molecule has 1 aromatic rings. The van der Waals surface area contributed by atoms with Gasteiger partial charge in [0.1, 0.15) is 6.33 Å². The molecule has 0 aliphatic heterocycles. The molecule has 2 rings (SSSR count). The van der Waals surface area contributed by atoms with Crippen LogP contribution >= 0.6 is 0 Å². The van der Waals surface area contributed by atoms with Crippen LogP contribution in [0.4, 0.5) is 0 Å². The molecule has 0 aromatic carbocycles. The minimum Gasteiger partial charge on any atom is -0.244 e. The molecule has 0 radical (unpaired) electrons. The van der Waals surface area contributed by atoms with Crippen molar-refractivity contribution in [1.29, 1.82) is 0 Å². The zero-order valence-corrected chi connectivity index (χ0v) is 10.1. The summed E-state index contributed by atoms with van der Waals surface area (Å²) in [6, 6.07) is 0. The summed E-state index contributed by atoms with van der Waals surface area (Å²) in [5.74, 6) is 1.06. The maximum atomic E-state index is 4.40. The molecular weight excluding hydrogens is 196 g/mol. The highest BCUT2D eigenvalue weighted by Crippen LogP contribution is 2.30. The van der Waals surface area contributed by atoms with Gasteiger partial charge in [0.05, 0.1) is 5.69 Å². The van der Waals surface area contributed by atoms with Crippen molar-refractivity contribution in [2.24, 2.45) is 5.92 Å². The highest BCUT2D eigenvalue weighted by Gasteiger charge is 2.15. The van der Waals surface area contributed by atoms with E-state index in [0.717, 1.165) is 12.1 Å². The number of allylic oxidation sites excluding steroid dienone is 4. The fraction of sp³-hybridized carbons (Fsp3) is 0.429. The van der Waals surface area contributed by atoms with Crippen molar-refractivity contribution in [3.63, 3.8) is 0 Å². The highest BCUT2D eigenvalue weighted by molar-refractivity contribution is 5.69. The second-order valence-corrected chi connectivity index (χ2v) is 4.73. The summed E-state index contributed by atoms with van der Waals surface area (Å²) in [7, 11) is 0. The summed E-state index contributed by atoms with van der Waals surface area (Å²) < 4.78 is 0. The van der Waals surface area contributed by atoms with Crippen LogP contribution in [-0.4, -0.2) is 9.97 Å². The van der Waals surface area contributed by atoms with E-state index in [0.29, 0.717) is 11.8 Å². The normalized spacial score (nSPS) is 20.0. The molecule has 0 fully saturated rings. The van der Waals surface area contributed by atoms with Gasteiger partial charge in [-0.15, -0.1) is 0 Å². The van der Waals surface area contributed by atoms with Gasteiger partial charge in [-0.25, -0.2) is 9.97 Å². The zero-order chi connectivity index (χ0) is 11.5. The first kappa shape index (κ1) is 11.1. The Morgan fingerprint density at radius 2 is 2.19 bits per heavy atom. The third kappa shape index (κ3) is 2.21. The number of aromatic nitrogens is 2. The predicted octanol–water partition coefficient (Wildman–Crippen LogP) is 3.58. The van der Waals surface area contributed by atoms with E-state index in [1.807, 2.05) is 6.20 Å². The summed E-state index contributed by atoms with van der Waals surface area (Å²) in [6.07, 6.45) is 11.2. The number of hydrogen-bond acceptors (Lipinski definition) is 2. The first-order valence-corrected chi connectivity index (χ1v) is 5.86. The van der Waals surface area contributed by atoms with Crippen molar-refractivity contribution in [2.45, 2.75) is 33.1 Å². The average molecular weight is 214 g/mol. The second-order valence-electron chi connectivity index (χ2n) is 4.73. The highest BCUT2D eigenvalue weighted by atomic mass is 14.8. The molecule has 16 heavy (non-hydrogen) atoms. The van der Waals surface area contributed by atoms with E-state index < -0.39 is 0 Å². The van der Waals surface area contributed by atoms with Gasteiger partial charge in [-0.3, -0.25) is 0 Å². The number of hydrogen-bond donors (Lipinski definition) is 0. The Bertz CT molecular complexity index is 430. The summed E-state index contributed by atoms with van der Waals surface area (Å²) >= 11 is 0. The topological polar surface area (TPSA) is 25.8 Å². The van der Waals surface area contributed by atoms with Gasteiger partial charge in [0, 0.05) is 11.8 Å². The smallest absolute Gasteiger partial charge is 0.115 e. The molecule has 0 saturated heterocycles. The van der Waals surface area contributed by atoms with Gasteiger partial charge in [-0.2, -0.15) is 0 Å². The molecule has 1 atom stereocenters. The monoisotopic (exact) mass is 214 g/mol. The number of nitrogens with zero attached hydrogens (tertiary/aromatic N) is 2.